The van der Waals surface area contributed by atoms with Gasteiger partial charge in [0.1, 0.15) is 0 Å². The molecule has 0 bridgehead atoms. The number of carbonyl (C=O) groups excluding carboxylic acids is 1. The van der Waals surface area contributed by atoms with Gasteiger partial charge in [-0.1, -0.05) is 24.3 Å². The van der Waals surface area contributed by atoms with Crippen LogP contribution in [0, 0.1) is 5.92 Å². The van der Waals surface area contributed by atoms with Gasteiger partial charge in [-0.05, 0) is 18.2 Å². The minimum absolute atomic E-state index is 0.0655. The van der Waals surface area contributed by atoms with Crippen molar-refractivity contribution in [3.63, 3.8) is 0 Å². The van der Waals surface area contributed by atoms with Crippen LogP contribution in [0.4, 0.5) is 0 Å². The molecule has 1 aliphatic rings. The number of Topliss-reactive ketones (excluding diaryl/α,β-unsaturated/α-hetero) is 1. The Morgan fingerprint density at radius 1 is 1.29 bits per heavy atom. The number of rotatable bonds is 1. The molecule has 17 heavy (non-hydrogen) atoms. The highest BCUT2D eigenvalue weighted by Gasteiger charge is 2.23. The van der Waals surface area contributed by atoms with Crippen molar-refractivity contribution in [2.45, 2.75) is 0 Å². The summed E-state index contributed by atoms with van der Waals surface area (Å²) in [7, 11) is 0. The fourth-order valence-corrected chi connectivity index (χ4v) is 2.31. The van der Waals surface area contributed by atoms with Crippen molar-refractivity contribution >= 4 is 34.4 Å². The Bertz CT molecular complexity index is 633. The highest BCUT2D eigenvalue weighted by Crippen LogP contribution is 2.25. The molecule has 0 aliphatic heterocycles. The van der Waals surface area contributed by atoms with Gasteiger partial charge in [-0.3, -0.25) is 4.79 Å². The third-order valence-electron chi connectivity index (χ3n) is 3.01. The van der Waals surface area contributed by atoms with Crippen molar-refractivity contribution in [2.24, 2.45) is 5.92 Å². The third kappa shape index (κ3) is 1.65. The highest BCUT2D eigenvalue weighted by molar-refractivity contribution is 6.21. The van der Waals surface area contributed by atoms with Gasteiger partial charge in [-0.15, -0.1) is 11.6 Å². The first kappa shape index (κ1) is 10.5. The van der Waals surface area contributed by atoms with Crippen molar-refractivity contribution < 1.29 is 4.79 Å². The predicted octanol–water partition coefficient (Wildman–Crippen LogP) is 3.30. The van der Waals surface area contributed by atoms with Gasteiger partial charge in [0, 0.05) is 16.8 Å². The first-order chi connectivity index (χ1) is 8.29. The highest BCUT2D eigenvalue weighted by atomic mass is 35.5. The lowest BCUT2D eigenvalue weighted by molar-refractivity contribution is 0.0953. The molecule has 0 saturated heterocycles. The van der Waals surface area contributed by atoms with E-state index in [2.05, 4.69) is 4.98 Å². The number of fused-ring (bicyclic) bond motifs is 2. The normalized spacial score (nSPS) is 18.4. The van der Waals surface area contributed by atoms with Crippen molar-refractivity contribution in [1.82, 2.24) is 4.98 Å². The van der Waals surface area contributed by atoms with Crippen LogP contribution in [0.25, 0.3) is 17.0 Å². The van der Waals surface area contributed by atoms with E-state index < -0.39 is 0 Å². The maximum atomic E-state index is 12.1. The minimum Gasteiger partial charge on any atom is -0.293 e. The van der Waals surface area contributed by atoms with Gasteiger partial charge in [0.05, 0.1) is 17.1 Å². The fraction of sp³-hybridized carbons (Fsp3) is 0.143. The Kier molecular flexibility index (Phi) is 2.45. The van der Waals surface area contributed by atoms with E-state index in [0.29, 0.717) is 11.4 Å². The average Bonchev–Trinajstić information content (AvgIpc) is 2.37. The van der Waals surface area contributed by atoms with Crippen molar-refractivity contribution in [2.75, 3.05) is 5.88 Å². The van der Waals surface area contributed by atoms with Crippen LogP contribution in [0.1, 0.15) is 16.1 Å². The number of carbonyl (C=O) groups is 1. The lowest BCUT2D eigenvalue weighted by Gasteiger charge is -2.15. The second-order valence-electron chi connectivity index (χ2n) is 4.10. The van der Waals surface area contributed by atoms with Gasteiger partial charge >= 0.3 is 0 Å². The monoisotopic (exact) mass is 243 g/mol. The predicted molar refractivity (Wildman–Crippen MR) is 69.3 cm³/mol. The van der Waals surface area contributed by atoms with Crippen LogP contribution < -0.4 is 0 Å². The summed E-state index contributed by atoms with van der Waals surface area (Å²) in [6.07, 6.45) is 3.72. The molecule has 0 saturated carbocycles. The largest absolute Gasteiger partial charge is 0.293 e. The number of para-hydroxylation sites is 1. The number of halogens is 1. The number of nitrogens with zero attached hydrogens (tertiary/aromatic N) is 1. The van der Waals surface area contributed by atoms with Crippen molar-refractivity contribution in [1.29, 1.82) is 0 Å². The second kappa shape index (κ2) is 3.97. The quantitative estimate of drug-likeness (QED) is 0.720. The molecule has 1 atom stereocenters. The van der Waals surface area contributed by atoms with E-state index in [1.54, 1.807) is 0 Å². The molecule has 1 aromatic carbocycles. The van der Waals surface area contributed by atoms with E-state index in [1.807, 2.05) is 42.5 Å². The van der Waals surface area contributed by atoms with Crippen molar-refractivity contribution in [3.05, 3.63) is 47.7 Å². The van der Waals surface area contributed by atoms with Gasteiger partial charge in [-0.25, -0.2) is 4.98 Å². The molecule has 84 valence electrons. The first-order valence-corrected chi connectivity index (χ1v) is 6.01. The molecule has 2 aromatic rings. The molecule has 1 aromatic heterocycles. The Hall–Kier alpha value is -1.67. The molecule has 1 unspecified atom stereocenters. The van der Waals surface area contributed by atoms with E-state index >= 15 is 0 Å². The van der Waals surface area contributed by atoms with E-state index in [4.69, 9.17) is 11.6 Å². The Morgan fingerprint density at radius 2 is 2.12 bits per heavy atom. The maximum absolute atomic E-state index is 12.1. The van der Waals surface area contributed by atoms with Crippen LogP contribution in [0.5, 0.6) is 0 Å². The zero-order valence-corrected chi connectivity index (χ0v) is 9.82. The number of allylic oxidation sites excluding steroid dienone is 1. The fourth-order valence-electron chi connectivity index (χ4n) is 2.07. The van der Waals surface area contributed by atoms with E-state index in [0.717, 1.165) is 16.6 Å². The smallest absolute Gasteiger partial charge is 0.173 e. The minimum atomic E-state index is -0.216. The van der Waals surface area contributed by atoms with Gasteiger partial charge in [-0.2, -0.15) is 0 Å². The molecule has 3 rings (SSSR count). The molecule has 1 aliphatic carbocycles. The zero-order valence-electron chi connectivity index (χ0n) is 9.06. The van der Waals surface area contributed by atoms with Crippen LogP contribution in [0.15, 0.2) is 36.4 Å². The molecule has 0 amide bonds. The standard InChI is InChI=1S/C14H10ClNO/c15-8-10-5-6-13-11(14(10)17)7-9-3-1-2-4-12(9)16-13/h1-7,10H,8H2. The number of alkyl halides is 1. The SMILES string of the molecule is O=C1c2cc3ccccc3nc2C=CC1CCl. The molecule has 2 nitrogen and oxygen atoms in total. The Morgan fingerprint density at radius 3 is 2.94 bits per heavy atom. The molecule has 3 heteroatoms. The Balaban J connectivity index is 2.24. The summed E-state index contributed by atoms with van der Waals surface area (Å²) in [5.41, 5.74) is 2.33. The summed E-state index contributed by atoms with van der Waals surface area (Å²) >= 11 is 5.77. The third-order valence-corrected chi connectivity index (χ3v) is 3.34. The van der Waals surface area contributed by atoms with Gasteiger partial charge < -0.3 is 0 Å². The zero-order chi connectivity index (χ0) is 11.8. The van der Waals surface area contributed by atoms with Crippen LogP contribution in [0.3, 0.4) is 0 Å². The van der Waals surface area contributed by atoms with Crippen LogP contribution in [0.2, 0.25) is 0 Å². The molecular formula is C14H10ClNO. The molecule has 0 radical (unpaired) electrons. The average molecular weight is 244 g/mol. The van der Waals surface area contributed by atoms with E-state index in [-0.39, 0.29) is 11.7 Å². The summed E-state index contributed by atoms with van der Waals surface area (Å²) in [4.78, 5) is 16.6. The maximum Gasteiger partial charge on any atom is 0.173 e. The summed E-state index contributed by atoms with van der Waals surface area (Å²) in [6, 6.07) is 9.70. The summed E-state index contributed by atoms with van der Waals surface area (Å²) in [5, 5.41) is 0.989. The van der Waals surface area contributed by atoms with Crippen LogP contribution in [-0.2, 0) is 0 Å². The second-order valence-corrected chi connectivity index (χ2v) is 4.41. The number of hydrogen-bond donors (Lipinski definition) is 0. The lowest BCUT2D eigenvalue weighted by Crippen LogP contribution is -2.19. The number of hydrogen-bond acceptors (Lipinski definition) is 2. The first-order valence-electron chi connectivity index (χ1n) is 5.48. The van der Waals surface area contributed by atoms with Gasteiger partial charge in [0.25, 0.3) is 0 Å². The molecule has 1 heterocycles. The molecular weight excluding hydrogens is 234 g/mol. The summed E-state index contributed by atoms with van der Waals surface area (Å²) in [6.45, 7) is 0. The number of aromatic nitrogens is 1. The van der Waals surface area contributed by atoms with E-state index in [1.165, 1.54) is 0 Å². The summed E-state index contributed by atoms with van der Waals surface area (Å²) < 4.78 is 0. The molecule has 0 spiro atoms. The Labute approximate surface area is 104 Å². The van der Waals surface area contributed by atoms with Gasteiger partial charge in [0.2, 0.25) is 0 Å². The topological polar surface area (TPSA) is 30.0 Å². The lowest BCUT2D eigenvalue weighted by atomic mass is 9.91. The number of pyridine rings is 1. The molecule has 0 fully saturated rings. The van der Waals surface area contributed by atoms with Gasteiger partial charge in [0.15, 0.2) is 5.78 Å². The molecule has 0 N–H and O–H groups in total. The van der Waals surface area contributed by atoms with Crippen LogP contribution in [-0.4, -0.2) is 16.6 Å². The van der Waals surface area contributed by atoms with E-state index in [9.17, 15) is 4.79 Å². The van der Waals surface area contributed by atoms with Crippen LogP contribution >= 0.6 is 11.6 Å². The number of ketones is 1. The summed E-state index contributed by atoms with van der Waals surface area (Å²) in [5.74, 6) is 0.171. The number of benzene rings is 1. The van der Waals surface area contributed by atoms with Crippen molar-refractivity contribution in [3.8, 4) is 0 Å².